The number of amides is 1. The smallest absolute Gasteiger partial charge is 0.382 e. The quantitative estimate of drug-likeness (QED) is 0.616. The number of anilines is 1. The molecule has 0 saturated heterocycles. The Balaban J connectivity index is 1.36. The highest BCUT2D eigenvalue weighted by Gasteiger charge is 2.35. The average molecular weight is 441 g/mol. The molecular formula is C23H22F3N5O. The minimum absolute atomic E-state index is 0.00105. The molecule has 1 aliphatic carbocycles. The van der Waals surface area contributed by atoms with Crippen molar-refractivity contribution in [2.24, 2.45) is 0 Å². The first-order chi connectivity index (χ1) is 15.2. The minimum Gasteiger partial charge on any atom is -0.382 e. The predicted molar refractivity (Wildman–Crippen MR) is 113 cm³/mol. The molecule has 0 spiro atoms. The van der Waals surface area contributed by atoms with E-state index in [-0.39, 0.29) is 23.6 Å². The number of fused-ring (bicyclic) bond motifs is 1. The Labute approximate surface area is 183 Å². The van der Waals surface area contributed by atoms with Crippen LogP contribution in [-0.4, -0.2) is 27.4 Å². The van der Waals surface area contributed by atoms with Crippen molar-refractivity contribution in [1.82, 2.24) is 14.7 Å². The lowest BCUT2D eigenvalue weighted by Gasteiger charge is -2.30. The molecule has 1 aliphatic rings. The van der Waals surface area contributed by atoms with Gasteiger partial charge in [-0.15, -0.1) is 0 Å². The normalized spacial score (nSPS) is 18.8. The van der Waals surface area contributed by atoms with E-state index < -0.39 is 11.7 Å². The van der Waals surface area contributed by atoms with Gasteiger partial charge in [-0.05, 0) is 62.4 Å². The van der Waals surface area contributed by atoms with E-state index in [2.05, 4.69) is 15.6 Å². The maximum absolute atomic E-state index is 13.3. The van der Waals surface area contributed by atoms with Crippen LogP contribution in [0.5, 0.6) is 0 Å². The summed E-state index contributed by atoms with van der Waals surface area (Å²) < 4.78 is 41.8. The summed E-state index contributed by atoms with van der Waals surface area (Å²) in [6.07, 6.45) is 3.36. The molecule has 2 N–H and O–H groups in total. The molecule has 9 heteroatoms. The molecule has 3 aromatic rings. The monoisotopic (exact) mass is 441 g/mol. The van der Waals surface area contributed by atoms with E-state index in [1.54, 1.807) is 41.3 Å². The van der Waals surface area contributed by atoms with Crippen LogP contribution < -0.4 is 10.6 Å². The molecule has 0 bridgehead atoms. The number of aryl methyl sites for hydroxylation is 1. The highest BCUT2D eigenvalue weighted by atomic mass is 19.4. The molecule has 6 nitrogen and oxygen atoms in total. The number of pyridine rings is 1. The molecule has 1 saturated carbocycles. The summed E-state index contributed by atoms with van der Waals surface area (Å²) >= 11 is 0. The van der Waals surface area contributed by atoms with Crippen LogP contribution in [-0.2, 0) is 6.18 Å². The van der Waals surface area contributed by atoms with E-state index in [1.165, 1.54) is 6.92 Å². The first kappa shape index (κ1) is 21.7. The lowest BCUT2D eigenvalue weighted by Crippen LogP contribution is -2.40. The number of hydrogen-bond donors (Lipinski definition) is 2. The lowest BCUT2D eigenvalue weighted by atomic mass is 9.90. The Morgan fingerprint density at radius 3 is 2.59 bits per heavy atom. The zero-order valence-corrected chi connectivity index (χ0v) is 17.4. The summed E-state index contributed by atoms with van der Waals surface area (Å²) in [7, 11) is 0. The van der Waals surface area contributed by atoms with E-state index in [1.807, 2.05) is 6.07 Å². The summed E-state index contributed by atoms with van der Waals surface area (Å²) in [6.45, 7) is 1.51. The topological polar surface area (TPSA) is 82.2 Å². The van der Waals surface area contributed by atoms with Gasteiger partial charge in [0.05, 0.1) is 34.7 Å². The number of benzene rings is 1. The van der Waals surface area contributed by atoms with E-state index in [9.17, 15) is 18.0 Å². The van der Waals surface area contributed by atoms with Crippen molar-refractivity contribution < 1.29 is 18.0 Å². The van der Waals surface area contributed by atoms with Crippen LogP contribution in [0.25, 0.3) is 5.52 Å². The molecule has 2 heterocycles. The predicted octanol–water partition coefficient (Wildman–Crippen LogP) is 4.69. The zero-order valence-electron chi connectivity index (χ0n) is 17.4. The molecule has 32 heavy (non-hydrogen) atoms. The fraction of sp³-hybridized carbons (Fsp3) is 0.348. The van der Waals surface area contributed by atoms with E-state index in [4.69, 9.17) is 5.26 Å². The molecule has 166 valence electrons. The summed E-state index contributed by atoms with van der Waals surface area (Å²) in [5.41, 5.74) is 0.834. The van der Waals surface area contributed by atoms with Gasteiger partial charge in [0.15, 0.2) is 0 Å². The minimum atomic E-state index is -4.59. The molecule has 1 fully saturated rings. The Bertz CT molecular complexity index is 1190. The number of aromatic nitrogens is 2. The third-order valence-corrected chi connectivity index (χ3v) is 5.86. The second kappa shape index (κ2) is 8.54. The number of nitrogens with one attached hydrogen (secondary N) is 2. The standard InChI is InChI=1S/C23H22F3N5O/c1-14-8-18(9-21(20(14)10-27)23(24,25)26)29-16-3-5-17(6-4-16)30-22(32)15-2-7-19-11-28-13-31(19)12-15/h2,7-9,11-13,16-17,29H,3-6H2,1H3,(H,30,32)/t16-,17+. The molecule has 4 rings (SSSR count). The highest BCUT2D eigenvalue weighted by molar-refractivity contribution is 5.94. The molecule has 2 aromatic heterocycles. The van der Waals surface area contributed by atoms with Gasteiger partial charge in [0, 0.05) is 24.0 Å². The number of nitriles is 1. The molecule has 1 aromatic carbocycles. The van der Waals surface area contributed by atoms with Crippen molar-refractivity contribution in [2.75, 3.05) is 5.32 Å². The van der Waals surface area contributed by atoms with Crippen molar-refractivity contribution in [3.05, 3.63) is 65.2 Å². The Morgan fingerprint density at radius 2 is 1.91 bits per heavy atom. The third kappa shape index (κ3) is 4.54. The SMILES string of the molecule is Cc1cc(N[C@H]2CC[C@@H](NC(=O)c3ccc4cncn4c3)CC2)cc(C(F)(F)F)c1C#N. The van der Waals surface area contributed by atoms with Crippen LogP contribution in [0.1, 0.15) is 52.7 Å². The van der Waals surface area contributed by atoms with E-state index >= 15 is 0 Å². The molecule has 1 amide bonds. The van der Waals surface area contributed by atoms with Gasteiger partial charge in [0.25, 0.3) is 5.91 Å². The summed E-state index contributed by atoms with van der Waals surface area (Å²) in [5.74, 6) is -0.158. The van der Waals surface area contributed by atoms with Crippen molar-refractivity contribution in [2.45, 2.75) is 50.9 Å². The van der Waals surface area contributed by atoms with Crippen LogP contribution in [0.2, 0.25) is 0 Å². The lowest BCUT2D eigenvalue weighted by molar-refractivity contribution is -0.137. The number of alkyl halides is 3. The van der Waals surface area contributed by atoms with Crippen molar-refractivity contribution >= 4 is 17.1 Å². The van der Waals surface area contributed by atoms with Crippen LogP contribution in [0.4, 0.5) is 18.9 Å². The van der Waals surface area contributed by atoms with Gasteiger partial charge in [0.1, 0.15) is 6.07 Å². The largest absolute Gasteiger partial charge is 0.417 e. The maximum atomic E-state index is 13.3. The van der Waals surface area contributed by atoms with Crippen molar-refractivity contribution in [1.29, 1.82) is 5.26 Å². The van der Waals surface area contributed by atoms with Crippen LogP contribution in [0.3, 0.4) is 0 Å². The first-order valence-corrected chi connectivity index (χ1v) is 10.4. The fourth-order valence-corrected chi connectivity index (χ4v) is 4.18. The molecule has 0 unspecified atom stereocenters. The number of nitrogens with zero attached hydrogens (tertiary/aromatic N) is 3. The number of rotatable bonds is 4. The van der Waals surface area contributed by atoms with Crippen molar-refractivity contribution in [3.8, 4) is 6.07 Å². The van der Waals surface area contributed by atoms with E-state index in [0.29, 0.717) is 29.7 Å². The van der Waals surface area contributed by atoms with Gasteiger partial charge >= 0.3 is 6.18 Å². The average Bonchev–Trinajstić information content (AvgIpc) is 3.22. The van der Waals surface area contributed by atoms with Gasteiger partial charge in [0.2, 0.25) is 0 Å². The number of imidazole rings is 1. The van der Waals surface area contributed by atoms with Crippen molar-refractivity contribution in [3.63, 3.8) is 0 Å². The van der Waals surface area contributed by atoms with Gasteiger partial charge in [-0.2, -0.15) is 18.4 Å². The van der Waals surface area contributed by atoms with Crippen LogP contribution in [0.15, 0.2) is 43.0 Å². The summed E-state index contributed by atoms with van der Waals surface area (Å²) in [5, 5.41) is 15.3. The maximum Gasteiger partial charge on any atom is 0.417 e. The molecule has 0 atom stereocenters. The molecule has 0 radical (unpaired) electrons. The number of halogens is 3. The number of carbonyl (C=O) groups excluding carboxylic acids is 1. The Hall–Kier alpha value is -3.54. The molecular weight excluding hydrogens is 419 g/mol. The summed E-state index contributed by atoms with van der Waals surface area (Å²) in [4.78, 5) is 16.6. The second-order valence-corrected chi connectivity index (χ2v) is 8.14. The number of carbonyl (C=O) groups is 1. The third-order valence-electron chi connectivity index (χ3n) is 5.86. The van der Waals surface area contributed by atoms with E-state index in [0.717, 1.165) is 24.4 Å². The fourth-order valence-electron chi connectivity index (χ4n) is 4.18. The molecule has 0 aliphatic heterocycles. The zero-order chi connectivity index (χ0) is 22.9. The second-order valence-electron chi connectivity index (χ2n) is 8.14. The van der Waals surface area contributed by atoms with Gasteiger partial charge in [-0.1, -0.05) is 0 Å². The van der Waals surface area contributed by atoms with Crippen LogP contribution >= 0.6 is 0 Å². The number of hydrogen-bond acceptors (Lipinski definition) is 4. The first-order valence-electron chi connectivity index (χ1n) is 10.4. The highest BCUT2D eigenvalue weighted by Crippen LogP contribution is 2.36. The van der Waals surface area contributed by atoms with Gasteiger partial charge in [-0.25, -0.2) is 4.98 Å². The van der Waals surface area contributed by atoms with Gasteiger partial charge in [-0.3, -0.25) is 4.79 Å². The Morgan fingerprint density at radius 1 is 1.19 bits per heavy atom. The van der Waals surface area contributed by atoms with Gasteiger partial charge < -0.3 is 15.0 Å². The Kier molecular flexibility index (Phi) is 5.78. The summed E-state index contributed by atoms with van der Waals surface area (Å²) in [6, 6.07) is 7.83. The van der Waals surface area contributed by atoms with Crippen LogP contribution in [0, 0.1) is 18.3 Å².